The van der Waals surface area contributed by atoms with Gasteiger partial charge in [-0.2, -0.15) is 0 Å². The third-order valence-corrected chi connectivity index (χ3v) is 21.8. The molecule has 6 heteroatoms. The van der Waals surface area contributed by atoms with E-state index in [1.807, 2.05) is 0 Å². The maximum absolute atomic E-state index is 6.87. The van der Waals surface area contributed by atoms with Crippen molar-refractivity contribution >= 4 is 51.6 Å². The zero-order chi connectivity index (χ0) is 24.2. The fourth-order valence-electron chi connectivity index (χ4n) is 5.52. The topological polar surface area (TPSA) is 0 Å². The average molecular weight is 730 g/mol. The van der Waals surface area contributed by atoms with Crippen LogP contribution in [0.25, 0.3) is 0 Å². The number of fused-ring (bicyclic) bond motifs is 1. The van der Waals surface area contributed by atoms with Crippen LogP contribution in [-0.4, -0.2) is 34.4 Å². The van der Waals surface area contributed by atoms with Gasteiger partial charge in [-0.05, 0) is 0 Å². The molecule has 0 aromatic heterocycles. The second-order valence-electron chi connectivity index (χ2n) is 11.6. The molecular weight excluding hydrogens is 690 g/mol. The van der Waals surface area contributed by atoms with E-state index in [1.54, 1.807) is 25.9 Å². The summed E-state index contributed by atoms with van der Waals surface area (Å²) in [5.74, 6) is 5.43. The van der Waals surface area contributed by atoms with Gasteiger partial charge in [-0.1, -0.05) is 0 Å². The number of rotatable bonds is 5. The third-order valence-electron chi connectivity index (χ3n) is 7.04. The summed E-state index contributed by atoms with van der Waals surface area (Å²) < 4.78 is 3.05. The molecule has 0 saturated carbocycles. The van der Waals surface area contributed by atoms with E-state index in [1.165, 1.54) is 20.0 Å². The Labute approximate surface area is 218 Å². The Morgan fingerprint density at radius 3 is 2.12 bits per heavy atom. The van der Waals surface area contributed by atoms with Gasteiger partial charge < -0.3 is 0 Å². The first kappa shape index (κ1) is 27.3. The third kappa shape index (κ3) is 5.14. The van der Waals surface area contributed by atoms with Crippen molar-refractivity contribution in [2.24, 2.45) is 5.92 Å². The van der Waals surface area contributed by atoms with E-state index in [0.29, 0.717) is 5.92 Å². The van der Waals surface area contributed by atoms with Gasteiger partial charge in [0.2, 0.25) is 0 Å². The standard InChI is InChI=1S/C26H39GeSi2.2ClH.Hf/c1-11-19-15-20-13-12-14-22(27(3)4)18(2)25(20)26(19)21-16-23(28(5,6)7)24(17-21)29(8,9)10;;;/h12-14,16,18H,11,17H2,1-10H3;2*1H;/q;;;+2/p-2. The molecule has 0 heterocycles. The van der Waals surface area contributed by atoms with Gasteiger partial charge in [0.05, 0.1) is 0 Å². The summed E-state index contributed by atoms with van der Waals surface area (Å²) in [6, 6.07) is 0. The number of hydrogen-bond donors (Lipinski definition) is 0. The molecule has 0 radical (unpaired) electrons. The van der Waals surface area contributed by atoms with Gasteiger partial charge in [-0.3, -0.25) is 0 Å². The normalized spacial score (nSPS) is 21.9. The molecule has 0 nitrogen and oxygen atoms in total. The second kappa shape index (κ2) is 10.0. The minimum atomic E-state index is -2.81. The fraction of sp³-hybridized carbons (Fsp3) is 0.500. The Hall–Kier alpha value is 0.737. The van der Waals surface area contributed by atoms with Gasteiger partial charge in [0.15, 0.2) is 0 Å². The van der Waals surface area contributed by atoms with Crippen LogP contribution in [0, 0.1) is 5.92 Å². The van der Waals surface area contributed by atoms with Crippen molar-refractivity contribution in [1.82, 2.24) is 0 Å². The molecule has 0 saturated heterocycles. The van der Waals surface area contributed by atoms with Crippen molar-refractivity contribution in [2.75, 3.05) is 0 Å². The summed E-state index contributed by atoms with van der Waals surface area (Å²) in [5, 5.41) is 3.50. The van der Waals surface area contributed by atoms with Crippen molar-refractivity contribution < 1.29 is 19.1 Å². The van der Waals surface area contributed by atoms with Gasteiger partial charge in [-0.25, -0.2) is 0 Å². The molecule has 0 bridgehead atoms. The maximum atomic E-state index is 6.87. The first-order valence-corrected chi connectivity index (χ1v) is 34.8. The number of halogens is 2. The van der Waals surface area contributed by atoms with E-state index in [4.69, 9.17) is 17.2 Å². The number of allylic oxidation sites excluding steroid dienone is 12. The Balaban J connectivity index is 2.31. The predicted molar refractivity (Wildman–Crippen MR) is 151 cm³/mol. The SMILES string of the molecule is CCC1=[C]([Hf]([Cl])[Cl])C2=CC=C[C](=[Ge]([CH3])[CH3])C(C)C2=C1C1=CC([Si](C)(C)C)=C([Si](C)(C)C)C1. The van der Waals surface area contributed by atoms with Gasteiger partial charge in [0.25, 0.3) is 0 Å². The average Bonchev–Trinajstić information content (AvgIpc) is 3.19. The van der Waals surface area contributed by atoms with E-state index < -0.39 is 49.1 Å². The fourth-order valence-corrected chi connectivity index (χ4v) is 20.9. The molecular formula is C26H39Cl2GeHfSi2. The van der Waals surface area contributed by atoms with E-state index >= 15 is 0 Å². The summed E-state index contributed by atoms with van der Waals surface area (Å²) in [6.07, 6.45) is 11.8. The van der Waals surface area contributed by atoms with Crippen LogP contribution in [0.1, 0.15) is 26.7 Å². The Morgan fingerprint density at radius 2 is 1.69 bits per heavy atom. The van der Waals surface area contributed by atoms with Crippen LogP contribution in [0.4, 0.5) is 0 Å². The van der Waals surface area contributed by atoms with Crippen LogP contribution in [0.2, 0.25) is 50.8 Å². The number of hydrogen-bond acceptors (Lipinski definition) is 0. The molecule has 3 aliphatic carbocycles. The van der Waals surface area contributed by atoms with E-state index in [-0.39, 0.29) is 0 Å². The molecule has 0 N–H and O–H groups in total. The van der Waals surface area contributed by atoms with E-state index in [9.17, 15) is 0 Å². The van der Waals surface area contributed by atoms with Crippen molar-refractivity contribution in [3.05, 3.63) is 65.9 Å². The van der Waals surface area contributed by atoms with Crippen molar-refractivity contribution in [2.45, 2.75) is 77.5 Å². The molecule has 0 fully saturated rings. The van der Waals surface area contributed by atoms with Gasteiger partial charge in [-0.15, -0.1) is 0 Å². The van der Waals surface area contributed by atoms with Crippen LogP contribution in [-0.2, 0) is 19.1 Å². The molecule has 3 rings (SSSR count). The van der Waals surface area contributed by atoms with Gasteiger partial charge in [0, 0.05) is 0 Å². The zero-order valence-electron chi connectivity index (χ0n) is 21.6. The van der Waals surface area contributed by atoms with Gasteiger partial charge in [0.1, 0.15) is 0 Å². The monoisotopic (exact) mass is 731 g/mol. The predicted octanol–water partition coefficient (Wildman–Crippen LogP) is 8.91. The summed E-state index contributed by atoms with van der Waals surface area (Å²) in [6.45, 7) is 19.9. The molecule has 0 aromatic rings. The van der Waals surface area contributed by atoms with Crippen molar-refractivity contribution in [3.63, 3.8) is 0 Å². The summed E-state index contributed by atoms with van der Waals surface area (Å²) in [7, 11) is 10.9. The van der Waals surface area contributed by atoms with Crippen molar-refractivity contribution in [1.29, 1.82) is 0 Å². The Kier molecular flexibility index (Phi) is 8.55. The summed E-state index contributed by atoms with van der Waals surface area (Å²) in [4.78, 5) is 0. The second-order valence-corrected chi connectivity index (χ2v) is 38.6. The molecule has 32 heavy (non-hydrogen) atoms. The Morgan fingerprint density at radius 1 is 1.06 bits per heavy atom. The van der Waals surface area contributed by atoms with Crippen LogP contribution in [0.15, 0.2) is 65.9 Å². The molecule has 173 valence electrons. The molecule has 0 spiro atoms. The molecule has 3 aliphatic rings. The van der Waals surface area contributed by atoms with Crippen LogP contribution in [0.3, 0.4) is 0 Å². The minimum absolute atomic E-state index is 0.463. The van der Waals surface area contributed by atoms with Crippen LogP contribution in [0.5, 0.6) is 0 Å². The molecule has 0 amide bonds. The molecule has 1 unspecified atom stereocenters. The first-order valence-electron chi connectivity index (χ1n) is 11.9. The van der Waals surface area contributed by atoms with E-state index in [0.717, 1.165) is 12.8 Å². The van der Waals surface area contributed by atoms with Crippen molar-refractivity contribution in [3.8, 4) is 0 Å². The summed E-state index contributed by atoms with van der Waals surface area (Å²) in [5.41, 5.74) is 7.52. The van der Waals surface area contributed by atoms with E-state index in [2.05, 4.69) is 88.9 Å². The van der Waals surface area contributed by atoms with Crippen LogP contribution < -0.4 is 0 Å². The zero-order valence-corrected chi connectivity index (χ0v) is 30.8. The Bertz CT molecular complexity index is 1050. The molecule has 0 aromatic carbocycles. The molecule has 0 aliphatic heterocycles. The quantitative estimate of drug-likeness (QED) is 0.248. The first-order chi connectivity index (χ1) is 14.7. The van der Waals surface area contributed by atoms with Gasteiger partial charge >= 0.3 is 220 Å². The summed E-state index contributed by atoms with van der Waals surface area (Å²) >= 11 is -4.03. The molecule has 1 atom stereocenters. The van der Waals surface area contributed by atoms with Crippen LogP contribution >= 0.6 is 17.2 Å².